The summed E-state index contributed by atoms with van der Waals surface area (Å²) in [5.74, 6) is -2.03. The molecular formula is C24H23ClFN3O5S. The van der Waals surface area contributed by atoms with Crippen molar-refractivity contribution in [2.24, 2.45) is 0 Å². The highest BCUT2D eigenvalue weighted by Crippen LogP contribution is 2.36. The van der Waals surface area contributed by atoms with Gasteiger partial charge in [-0.3, -0.25) is 19.7 Å². The van der Waals surface area contributed by atoms with Crippen molar-refractivity contribution in [3.8, 4) is 0 Å². The number of hydrogen-bond acceptors (Lipinski definition) is 5. The van der Waals surface area contributed by atoms with Gasteiger partial charge in [-0.2, -0.15) is 4.31 Å². The molecule has 2 aromatic carbocycles. The van der Waals surface area contributed by atoms with Crippen LogP contribution in [0, 0.1) is 5.82 Å². The standard InChI is InChI=1S/C24H23ClFN3O5S/c25-16-2-1-3-17(11-16)35(33,34)28-8-6-14(7-9-28)18-10-15-13-29(24(32)19(15)12-20(18)26)21-4-5-22(30)27-23(21)31/h1-3,10-12,14,21H,4-9,13H2,(H,27,30,31). The number of fused-ring (bicyclic) bond motifs is 1. The summed E-state index contributed by atoms with van der Waals surface area (Å²) in [6, 6.07) is 8.22. The van der Waals surface area contributed by atoms with Crippen LogP contribution in [0.5, 0.6) is 0 Å². The van der Waals surface area contributed by atoms with Crippen LogP contribution < -0.4 is 5.32 Å². The Morgan fingerprint density at radius 2 is 1.77 bits per heavy atom. The van der Waals surface area contributed by atoms with E-state index in [1.807, 2.05) is 0 Å². The van der Waals surface area contributed by atoms with Gasteiger partial charge in [0.05, 0.1) is 4.90 Å². The first-order valence-corrected chi connectivity index (χ1v) is 13.2. The van der Waals surface area contributed by atoms with Crippen molar-refractivity contribution in [2.75, 3.05) is 13.1 Å². The van der Waals surface area contributed by atoms with E-state index in [2.05, 4.69) is 5.32 Å². The van der Waals surface area contributed by atoms with E-state index in [0.717, 1.165) is 0 Å². The molecule has 3 amide bonds. The number of halogens is 2. The summed E-state index contributed by atoms with van der Waals surface area (Å²) in [5, 5.41) is 2.59. The fourth-order valence-electron chi connectivity index (χ4n) is 5.10. The molecule has 11 heteroatoms. The zero-order valence-corrected chi connectivity index (χ0v) is 20.2. The van der Waals surface area contributed by atoms with Crippen LogP contribution in [-0.4, -0.2) is 54.5 Å². The van der Waals surface area contributed by atoms with Crippen LogP contribution in [0.3, 0.4) is 0 Å². The molecule has 3 heterocycles. The highest BCUT2D eigenvalue weighted by atomic mass is 35.5. The second-order valence-corrected chi connectivity index (χ2v) is 11.4. The van der Waals surface area contributed by atoms with Gasteiger partial charge in [-0.25, -0.2) is 12.8 Å². The summed E-state index contributed by atoms with van der Waals surface area (Å²) in [7, 11) is -3.70. The number of carbonyl (C=O) groups excluding carboxylic acids is 3. The minimum Gasteiger partial charge on any atom is -0.322 e. The third-order valence-corrected chi connectivity index (χ3v) is 9.10. The number of hydrogen-bond donors (Lipinski definition) is 1. The normalized spacial score (nSPS) is 21.8. The average Bonchev–Trinajstić information content (AvgIpc) is 3.14. The lowest BCUT2D eigenvalue weighted by Crippen LogP contribution is -2.52. The fourth-order valence-corrected chi connectivity index (χ4v) is 6.88. The molecule has 1 N–H and O–H groups in total. The predicted molar refractivity (Wildman–Crippen MR) is 125 cm³/mol. The van der Waals surface area contributed by atoms with Gasteiger partial charge in [0.15, 0.2) is 0 Å². The number of piperidine rings is 2. The van der Waals surface area contributed by atoms with Crippen molar-refractivity contribution in [3.05, 3.63) is 63.9 Å². The molecule has 2 saturated heterocycles. The molecule has 3 aliphatic heterocycles. The van der Waals surface area contributed by atoms with E-state index in [9.17, 15) is 22.8 Å². The topological polar surface area (TPSA) is 104 Å². The molecule has 8 nitrogen and oxygen atoms in total. The van der Waals surface area contributed by atoms with Gasteiger partial charge in [-0.1, -0.05) is 23.7 Å². The maximum atomic E-state index is 15.1. The summed E-state index contributed by atoms with van der Waals surface area (Å²) in [6.07, 6.45) is 1.24. The lowest BCUT2D eigenvalue weighted by atomic mass is 9.88. The number of benzene rings is 2. The van der Waals surface area contributed by atoms with Crippen LogP contribution in [-0.2, 0) is 26.2 Å². The quantitative estimate of drug-likeness (QED) is 0.626. The molecule has 0 saturated carbocycles. The van der Waals surface area contributed by atoms with E-state index in [1.54, 1.807) is 18.2 Å². The summed E-state index contributed by atoms with van der Waals surface area (Å²) >= 11 is 5.95. The molecule has 2 fully saturated rings. The predicted octanol–water partition coefficient (Wildman–Crippen LogP) is 2.81. The van der Waals surface area contributed by atoms with Crippen LogP contribution in [0.2, 0.25) is 5.02 Å². The van der Waals surface area contributed by atoms with Gasteiger partial charge in [-0.15, -0.1) is 0 Å². The van der Waals surface area contributed by atoms with Crippen molar-refractivity contribution >= 4 is 39.3 Å². The van der Waals surface area contributed by atoms with Gasteiger partial charge in [-0.05, 0) is 60.6 Å². The van der Waals surface area contributed by atoms with E-state index in [-0.39, 0.29) is 54.8 Å². The third-order valence-electron chi connectivity index (χ3n) is 6.97. The van der Waals surface area contributed by atoms with Crippen molar-refractivity contribution in [2.45, 2.75) is 49.1 Å². The van der Waals surface area contributed by atoms with Gasteiger partial charge < -0.3 is 4.90 Å². The summed E-state index contributed by atoms with van der Waals surface area (Å²) in [5.41, 5.74) is 1.29. The van der Waals surface area contributed by atoms with Gasteiger partial charge >= 0.3 is 0 Å². The molecule has 0 radical (unpaired) electrons. The van der Waals surface area contributed by atoms with Crippen molar-refractivity contribution < 1.29 is 27.2 Å². The van der Waals surface area contributed by atoms with Crippen LogP contribution in [0.1, 0.15) is 53.1 Å². The van der Waals surface area contributed by atoms with Gasteiger partial charge in [0.25, 0.3) is 5.91 Å². The third kappa shape index (κ3) is 4.34. The Labute approximate surface area is 207 Å². The molecule has 5 rings (SSSR count). The summed E-state index contributed by atoms with van der Waals surface area (Å²) in [4.78, 5) is 38.1. The number of rotatable bonds is 4. The maximum Gasteiger partial charge on any atom is 0.255 e. The van der Waals surface area contributed by atoms with Crippen LogP contribution in [0.25, 0.3) is 0 Å². The molecule has 3 aliphatic rings. The van der Waals surface area contributed by atoms with E-state index in [1.165, 1.54) is 27.4 Å². The number of nitrogens with one attached hydrogen (secondary N) is 1. The smallest absolute Gasteiger partial charge is 0.255 e. The summed E-state index contributed by atoms with van der Waals surface area (Å²) < 4.78 is 42.4. The molecule has 2 aromatic rings. The fraction of sp³-hybridized carbons (Fsp3) is 0.375. The van der Waals surface area contributed by atoms with E-state index in [0.29, 0.717) is 29.0 Å². The van der Waals surface area contributed by atoms with E-state index < -0.39 is 33.7 Å². The van der Waals surface area contributed by atoms with Crippen molar-refractivity contribution in [1.82, 2.24) is 14.5 Å². The van der Waals surface area contributed by atoms with E-state index >= 15 is 4.39 Å². The average molecular weight is 520 g/mol. The second-order valence-electron chi connectivity index (χ2n) is 9.07. The summed E-state index contributed by atoms with van der Waals surface area (Å²) in [6.45, 7) is 0.629. The first-order valence-electron chi connectivity index (χ1n) is 11.4. The SMILES string of the molecule is O=C1CCC(N2Cc3cc(C4CCN(S(=O)(=O)c5cccc(Cl)c5)CC4)c(F)cc3C2=O)C(=O)N1. The van der Waals surface area contributed by atoms with Crippen molar-refractivity contribution in [1.29, 1.82) is 0 Å². The molecule has 0 aliphatic carbocycles. The lowest BCUT2D eigenvalue weighted by molar-refractivity contribution is -0.136. The molecular weight excluding hydrogens is 497 g/mol. The Hall–Kier alpha value is -2.82. The van der Waals surface area contributed by atoms with Gasteiger partial charge in [0.1, 0.15) is 11.9 Å². The Kier molecular flexibility index (Phi) is 6.14. The number of nitrogens with zero attached hydrogens (tertiary/aromatic N) is 2. The Bertz CT molecular complexity index is 1340. The Morgan fingerprint density at radius 1 is 1.03 bits per heavy atom. The minimum atomic E-state index is -3.70. The van der Waals surface area contributed by atoms with E-state index in [4.69, 9.17) is 11.6 Å². The monoisotopic (exact) mass is 519 g/mol. The Morgan fingerprint density at radius 3 is 2.46 bits per heavy atom. The van der Waals surface area contributed by atoms with Crippen LogP contribution in [0.4, 0.5) is 4.39 Å². The highest BCUT2D eigenvalue weighted by molar-refractivity contribution is 7.89. The Balaban J connectivity index is 1.31. The van der Waals surface area contributed by atoms with Gasteiger partial charge in [0, 0.05) is 36.6 Å². The first-order chi connectivity index (χ1) is 16.6. The van der Waals surface area contributed by atoms with Crippen LogP contribution >= 0.6 is 11.6 Å². The van der Waals surface area contributed by atoms with Crippen molar-refractivity contribution in [3.63, 3.8) is 0 Å². The molecule has 0 bridgehead atoms. The zero-order valence-electron chi connectivity index (χ0n) is 18.7. The molecule has 0 aromatic heterocycles. The lowest BCUT2D eigenvalue weighted by Gasteiger charge is -2.31. The first kappa shape index (κ1) is 23.9. The maximum absolute atomic E-state index is 15.1. The molecule has 35 heavy (non-hydrogen) atoms. The molecule has 0 spiro atoms. The van der Waals surface area contributed by atoms with Gasteiger partial charge in [0.2, 0.25) is 21.8 Å². The molecule has 1 atom stereocenters. The second kappa shape index (κ2) is 9.00. The van der Waals surface area contributed by atoms with Crippen LogP contribution in [0.15, 0.2) is 41.3 Å². The highest BCUT2D eigenvalue weighted by Gasteiger charge is 2.40. The zero-order chi connectivity index (χ0) is 24.9. The number of sulfonamides is 1. The molecule has 1 unspecified atom stereocenters. The number of imide groups is 1. The number of amides is 3. The minimum absolute atomic E-state index is 0.124. The largest absolute Gasteiger partial charge is 0.322 e. The number of carbonyl (C=O) groups is 3. The molecule has 184 valence electrons.